The van der Waals surface area contributed by atoms with E-state index in [9.17, 15) is 43.2 Å². The third kappa shape index (κ3) is 70.3. The van der Waals surface area contributed by atoms with E-state index in [1.165, 1.54) is 212 Å². The summed E-state index contributed by atoms with van der Waals surface area (Å²) in [5.41, 5.74) is 0. The molecule has 0 amide bonds. The first-order valence-corrected chi connectivity index (χ1v) is 42.6. The molecule has 0 aliphatic heterocycles. The van der Waals surface area contributed by atoms with Crippen LogP contribution in [0.15, 0.2) is 0 Å². The summed E-state index contributed by atoms with van der Waals surface area (Å²) in [5.74, 6) is -1.31. The molecule has 0 aliphatic carbocycles. The summed E-state index contributed by atoms with van der Waals surface area (Å²) in [6.07, 6.45) is 59.1. The number of carbonyl (C=O) groups is 4. The summed E-state index contributed by atoms with van der Waals surface area (Å²) in [6, 6.07) is 0. The molecule has 95 heavy (non-hydrogen) atoms. The quantitative estimate of drug-likeness (QED) is 0.0222. The van der Waals surface area contributed by atoms with Crippen LogP contribution in [0, 0.1) is 5.92 Å². The van der Waals surface area contributed by atoms with Gasteiger partial charge in [0.05, 0.1) is 26.4 Å². The van der Waals surface area contributed by atoms with Crippen molar-refractivity contribution in [2.75, 3.05) is 39.6 Å². The maximum atomic E-state index is 13.1. The molecule has 17 nitrogen and oxygen atoms in total. The van der Waals surface area contributed by atoms with Gasteiger partial charge >= 0.3 is 39.5 Å². The lowest BCUT2D eigenvalue weighted by atomic mass is 10.0. The van der Waals surface area contributed by atoms with Crippen LogP contribution in [0.5, 0.6) is 0 Å². The second-order valence-electron chi connectivity index (χ2n) is 27.9. The van der Waals surface area contributed by atoms with E-state index in [-0.39, 0.29) is 25.7 Å². The molecule has 0 saturated carbocycles. The van der Waals surface area contributed by atoms with E-state index in [1.54, 1.807) is 0 Å². The second kappa shape index (κ2) is 69.2. The number of unbranched alkanes of at least 4 members (excludes halogenated alkanes) is 48. The molecular formula is C76H148O17P2. The normalized spacial score (nSPS) is 13.9. The summed E-state index contributed by atoms with van der Waals surface area (Å²) in [4.78, 5) is 72.3. The highest BCUT2D eigenvalue weighted by atomic mass is 31.2. The number of phosphoric acid groups is 2. The van der Waals surface area contributed by atoms with Crippen molar-refractivity contribution >= 4 is 39.5 Å². The molecule has 0 aromatic rings. The minimum absolute atomic E-state index is 0.104. The fourth-order valence-electron chi connectivity index (χ4n) is 11.7. The van der Waals surface area contributed by atoms with E-state index < -0.39 is 97.5 Å². The van der Waals surface area contributed by atoms with E-state index >= 15 is 0 Å². The summed E-state index contributed by atoms with van der Waals surface area (Å²) in [6.45, 7) is 7.20. The van der Waals surface area contributed by atoms with Crippen molar-refractivity contribution in [3.8, 4) is 0 Å². The second-order valence-corrected chi connectivity index (χ2v) is 30.8. The molecule has 0 spiro atoms. The van der Waals surface area contributed by atoms with Crippen molar-refractivity contribution in [3.63, 3.8) is 0 Å². The number of ether oxygens (including phenoxy) is 4. The third-order valence-corrected chi connectivity index (χ3v) is 19.7. The molecule has 0 rings (SSSR count). The van der Waals surface area contributed by atoms with Gasteiger partial charge in [0.2, 0.25) is 0 Å². The molecular weight excluding hydrogens is 1250 g/mol. The zero-order valence-corrected chi connectivity index (χ0v) is 63.6. The topological polar surface area (TPSA) is 237 Å². The fourth-order valence-corrected chi connectivity index (χ4v) is 13.3. The van der Waals surface area contributed by atoms with Crippen molar-refractivity contribution in [2.45, 2.75) is 419 Å². The predicted octanol–water partition coefficient (Wildman–Crippen LogP) is 22.5. The van der Waals surface area contributed by atoms with Gasteiger partial charge in [-0.2, -0.15) is 0 Å². The van der Waals surface area contributed by atoms with Crippen LogP contribution in [-0.4, -0.2) is 96.7 Å². The zero-order valence-electron chi connectivity index (χ0n) is 61.8. The van der Waals surface area contributed by atoms with Gasteiger partial charge in [0, 0.05) is 25.7 Å². The third-order valence-electron chi connectivity index (χ3n) is 17.8. The van der Waals surface area contributed by atoms with Crippen molar-refractivity contribution in [3.05, 3.63) is 0 Å². The minimum Gasteiger partial charge on any atom is -0.462 e. The van der Waals surface area contributed by atoms with Gasteiger partial charge in [-0.05, 0) is 31.6 Å². The van der Waals surface area contributed by atoms with Gasteiger partial charge in [-0.3, -0.25) is 37.3 Å². The Morgan fingerprint density at radius 2 is 0.484 bits per heavy atom. The Bertz CT molecular complexity index is 1820. The van der Waals surface area contributed by atoms with Gasteiger partial charge in [0.25, 0.3) is 0 Å². The van der Waals surface area contributed by atoms with E-state index in [0.29, 0.717) is 25.7 Å². The van der Waals surface area contributed by atoms with Crippen molar-refractivity contribution in [1.82, 2.24) is 0 Å². The highest BCUT2D eigenvalue weighted by molar-refractivity contribution is 7.47. The van der Waals surface area contributed by atoms with E-state index in [1.807, 2.05) is 0 Å². The number of aliphatic hydroxyl groups is 1. The van der Waals surface area contributed by atoms with Gasteiger partial charge in [0.1, 0.15) is 19.3 Å². The molecule has 0 aromatic carbocycles. The van der Waals surface area contributed by atoms with Crippen molar-refractivity contribution in [1.29, 1.82) is 0 Å². The van der Waals surface area contributed by atoms with Crippen LogP contribution in [-0.2, 0) is 65.4 Å². The Balaban J connectivity index is 5.06. The zero-order chi connectivity index (χ0) is 69.8. The van der Waals surface area contributed by atoms with Crippen LogP contribution >= 0.6 is 15.6 Å². The van der Waals surface area contributed by atoms with Crippen LogP contribution < -0.4 is 0 Å². The Hall–Kier alpha value is -1.94. The Kier molecular flexibility index (Phi) is 67.7. The fraction of sp³-hybridized carbons (Fsp3) is 0.947. The monoisotopic (exact) mass is 1400 g/mol. The number of esters is 4. The Morgan fingerprint density at radius 3 is 0.716 bits per heavy atom. The van der Waals surface area contributed by atoms with Crippen LogP contribution in [0.2, 0.25) is 0 Å². The van der Waals surface area contributed by atoms with Crippen LogP contribution in [0.25, 0.3) is 0 Å². The Morgan fingerprint density at radius 1 is 0.284 bits per heavy atom. The lowest BCUT2D eigenvalue weighted by molar-refractivity contribution is -0.161. The summed E-state index contributed by atoms with van der Waals surface area (Å²) in [7, 11) is -9.89. The molecule has 0 radical (unpaired) electrons. The van der Waals surface area contributed by atoms with Crippen molar-refractivity contribution < 1.29 is 80.2 Å². The highest BCUT2D eigenvalue weighted by Gasteiger charge is 2.30. The number of hydrogen-bond donors (Lipinski definition) is 3. The number of carbonyl (C=O) groups excluding carboxylic acids is 4. The summed E-state index contributed by atoms with van der Waals surface area (Å²) in [5, 5.41) is 10.6. The molecule has 0 saturated heterocycles. The first-order valence-electron chi connectivity index (χ1n) is 39.6. The predicted molar refractivity (Wildman–Crippen MR) is 386 cm³/mol. The van der Waals surface area contributed by atoms with Gasteiger partial charge < -0.3 is 33.8 Å². The standard InChI is InChI=1S/C76H148O17P2/c1-6-9-12-15-17-19-20-21-22-23-24-25-26-30-33-36-39-42-46-50-55-60-74(79)87-66-72(93-76(81)62-57-52-47-43-40-37-34-31-28-27-29-32-35-38-41-44-49-53-58-69(4)5)68-91-95(84,85)89-64-70(77)63-88-94(82,83)90-67-71(65-86-73(78)59-54-48-14-11-8-3)92-75(80)61-56-51-45-18-16-13-10-7-2/h69-72,77H,6-68H2,1-5H3,(H,82,83)(H,84,85)/t70-,71+,72+/m0/s1. The van der Waals surface area contributed by atoms with Crippen LogP contribution in [0.1, 0.15) is 401 Å². The maximum absolute atomic E-state index is 13.1. The first-order chi connectivity index (χ1) is 46.0. The van der Waals surface area contributed by atoms with Crippen LogP contribution in [0.4, 0.5) is 0 Å². The molecule has 19 heteroatoms. The number of phosphoric ester groups is 2. The van der Waals surface area contributed by atoms with Gasteiger partial charge in [0.15, 0.2) is 12.2 Å². The summed E-state index contributed by atoms with van der Waals surface area (Å²) < 4.78 is 68.1. The molecule has 0 bridgehead atoms. The van der Waals surface area contributed by atoms with E-state index in [4.69, 9.17) is 37.0 Å². The lowest BCUT2D eigenvalue weighted by Crippen LogP contribution is -2.30. The molecule has 0 heterocycles. The summed E-state index contributed by atoms with van der Waals surface area (Å²) >= 11 is 0. The smallest absolute Gasteiger partial charge is 0.462 e. The molecule has 564 valence electrons. The van der Waals surface area contributed by atoms with Crippen molar-refractivity contribution in [2.24, 2.45) is 5.92 Å². The number of rotatable bonds is 76. The number of hydrogen-bond acceptors (Lipinski definition) is 15. The molecule has 2 unspecified atom stereocenters. The molecule has 3 N–H and O–H groups in total. The molecule has 0 fully saturated rings. The SMILES string of the molecule is CCCCCCCCCCCCCCCCCCCCCCCC(=O)OC[C@H](COP(=O)(O)OC[C@@H](O)COP(=O)(O)OC[C@@H](COC(=O)CCCCCCC)OC(=O)CCCCCCCCCC)OC(=O)CCCCCCCCCCCCCCCCCCCCC(C)C. The average Bonchev–Trinajstić information content (AvgIpc) is 1.39. The largest absolute Gasteiger partial charge is 0.472 e. The average molecular weight is 1400 g/mol. The lowest BCUT2D eigenvalue weighted by Gasteiger charge is -2.21. The van der Waals surface area contributed by atoms with Gasteiger partial charge in [-0.15, -0.1) is 0 Å². The van der Waals surface area contributed by atoms with E-state index in [2.05, 4.69) is 34.6 Å². The van der Waals surface area contributed by atoms with Gasteiger partial charge in [-0.1, -0.05) is 349 Å². The molecule has 0 aliphatic rings. The first kappa shape index (κ1) is 93.1. The maximum Gasteiger partial charge on any atom is 0.472 e. The van der Waals surface area contributed by atoms with E-state index in [0.717, 1.165) is 109 Å². The Labute approximate surface area is 581 Å². The van der Waals surface area contributed by atoms with Crippen LogP contribution in [0.3, 0.4) is 0 Å². The molecule has 0 aromatic heterocycles. The minimum atomic E-state index is -4.95. The number of aliphatic hydroxyl groups excluding tert-OH is 1. The highest BCUT2D eigenvalue weighted by Crippen LogP contribution is 2.45. The molecule has 5 atom stereocenters. The van der Waals surface area contributed by atoms with Gasteiger partial charge in [-0.25, -0.2) is 9.13 Å².